The van der Waals surface area contributed by atoms with Gasteiger partial charge in [0.25, 0.3) is 11.6 Å². The van der Waals surface area contributed by atoms with Crippen LogP contribution in [0.3, 0.4) is 0 Å². The van der Waals surface area contributed by atoms with Gasteiger partial charge in [-0.25, -0.2) is 0 Å². The van der Waals surface area contributed by atoms with Crippen LogP contribution in [0.15, 0.2) is 18.2 Å². The molecular weight excluding hydrogens is 262 g/mol. The van der Waals surface area contributed by atoms with Crippen LogP contribution in [0.4, 0.5) is 11.4 Å². The van der Waals surface area contributed by atoms with Crippen LogP contribution in [-0.4, -0.2) is 37.1 Å². The zero-order valence-electron chi connectivity index (χ0n) is 11.8. The summed E-state index contributed by atoms with van der Waals surface area (Å²) >= 11 is 0. The first kappa shape index (κ1) is 15.9. The smallest absolute Gasteiger partial charge is 0.270 e. The Balaban J connectivity index is 2.89. The van der Waals surface area contributed by atoms with E-state index >= 15 is 0 Å². The van der Waals surface area contributed by atoms with Crippen molar-refractivity contribution in [1.82, 2.24) is 5.32 Å². The summed E-state index contributed by atoms with van der Waals surface area (Å²) in [6, 6.07) is 3.95. The van der Waals surface area contributed by atoms with Gasteiger partial charge in [0.2, 0.25) is 0 Å². The summed E-state index contributed by atoms with van der Waals surface area (Å²) in [5, 5.41) is 16.4. The zero-order chi connectivity index (χ0) is 15.1. The number of hydrogen-bond acceptors (Lipinski definition) is 5. The minimum Gasteiger partial charge on any atom is -0.387 e. The van der Waals surface area contributed by atoms with Crippen LogP contribution in [-0.2, 0) is 4.74 Å². The molecule has 110 valence electrons. The van der Waals surface area contributed by atoms with E-state index in [1.807, 2.05) is 13.8 Å². The number of benzene rings is 1. The molecule has 0 saturated heterocycles. The average molecular weight is 281 g/mol. The Morgan fingerprint density at radius 2 is 2.20 bits per heavy atom. The number of non-ortho nitro benzene ring substituents is 1. The number of ether oxygens (including phenoxy) is 1. The largest absolute Gasteiger partial charge is 0.387 e. The van der Waals surface area contributed by atoms with Crippen LogP contribution in [0.2, 0.25) is 0 Å². The zero-order valence-corrected chi connectivity index (χ0v) is 11.8. The highest BCUT2D eigenvalue weighted by atomic mass is 16.6. The van der Waals surface area contributed by atoms with Gasteiger partial charge in [-0.05, 0) is 19.9 Å². The van der Waals surface area contributed by atoms with Crippen molar-refractivity contribution in [3.8, 4) is 0 Å². The Labute approximate surface area is 117 Å². The van der Waals surface area contributed by atoms with Gasteiger partial charge in [0, 0.05) is 37.5 Å². The molecule has 2 N–H and O–H groups in total. The number of carbonyl (C=O) groups is 1. The van der Waals surface area contributed by atoms with Gasteiger partial charge in [-0.2, -0.15) is 0 Å². The summed E-state index contributed by atoms with van der Waals surface area (Å²) in [5.41, 5.74) is 0.661. The van der Waals surface area contributed by atoms with E-state index in [1.54, 1.807) is 7.05 Å². The van der Waals surface area contributed by atoms with E-state index in [1.165, 1.54) is 18.2 Å². The lowest BCUT2D eigenvalue weighted by Crippen LogP contribution is -2.36. The lowest BCUT2D eigenvalue weighted by Gasteiger charge is -2.15. The summed E-state index contributed by atoms with van der Waals surface area (Å²) in [6.45, 7) is 4.64. The van der Waals surface area contributed by atoms with Crippen molar-refractivity contribution in [3.63, 3.8) is 0 Å². The number of nitrogens with zero attached hydrogens (tertiary/aromatic N) is 1. The molecule has 7 heteroatoms. The van der Waals surface area contributed by atoms with Crippen LogP contribution in [0, 0.1) is 10.1 Å². The number of nitrogens with one attached hydrogen (secondary N) is 2. The van der Waals surface area contributed by atoms with Crippen LogP contribution < -0.4 is 10.6 Å². The Morgan fingerprint density at radius 3 is 2.75 bits per heavy atom. The summed E-state index contributed by atoms with van der Waals surface area (Å²) < 4.78 is 5.21. The number of carbonyl (C=O) groups excluding carboxylic acids is 1. The van der Waals surface area contributed by atoms with Gasteiger partial charge in [0.05, 0.1) is 17.1 Å². The molecule has 1 atom stereocenters. The molecule has 1 unspecified atom stereocenters. The Bertz CT molecular complexity index is 491. The second kappa shape index (κ2) is 7.44. The molecule has 0 saturated carbocycles. The molecule has 0 spiro atoms. The third-order valence-electron chi connectivity index (χ3n) is 2.68. The van der Waals surface area contributed by atoms with Gasteiger partial charge in [-0.15, -0.1) is 0 Å². The quantitative estimate of drug-likeness (QED) is 0.587. The van der Waals surface area contributed by atoms with Crippen molar-refractivity contribution in [1.29, 1.82) is 0 Å². The van der Waals surface area contributed by atoms with E-state index in [-0.39, 0.29) is 23.2 Å². The second-order valence-corrected chi connectivity index (χ2v) is 4.27. The van der Waals surface area contributed by atoms with Crippen molar-refractivity contribution >= 4 is 17.3 Å². The van der Waals surface area contributed by atoms with Crippen molar-refractivity contribution in [3.05, 3.63) is 33.9 Å². The first-order valence-corrected chi connectivity index (χ1v) is 6.34. The molecule has 0 aromatic heterocycles. The molecule has 1 aromatic carbocycles. The fraction of sp³-hybridized carbons (Fsp3) is 0.462. The van der Waals surface area contributed by atoms with Gasteiger partial charge >= 0.3 is 0 Å². The number of nitro benzene ring substituents is 1. The molecule has 0 fully saturated rings. The first-order valence-electron chi connectivity index (χ1n) is 6.34. The van der Waals surface area contributed by atoms with E-state index in [0.29, 0.717) is 18.9 Å². The van der Waals surface area contributed by atoms with Crippen LogP contribution in [0.5, 0.6) is 0 Å². The lowest BCUT2D eigenvalue weighted by atomic mass is 10.1. The molecule has 0 aliphatic heterocycles. The van der Waals surface area contributed by atoms with Gasteiger partial charge in [0.15, 0.2) is 0 Å². The van der Waals surface area contributed by atoms with E-state index in [0.717, 1.165) is 0 Å². The van der Waals surface area contributed by atoms with Crippen molar-refractivity contribution < 1.29 is 14.5 Å². The maximum Gasteiger partial charge on any atom is 0.270 e. The number of nitro groups is 1. The molecular formula is C13H19N3O4. The number of anilines is 1. The Hall–Kier alpha value is -2.15. The molecule has 0 bridgehead atoms. The summed E-state index contributed by atoms with van der Waals surface area (Å²) in [6.07, 6.45) is 0. The minimum absolute atomic E-state index is 0.119. The topological polar surface area (TPSA) is 93.5 Å². The van der Waals surface area contributed by atoms with E-state index in [2.05, 4.69) is 10.6 Å². The van der Waals surface area contributed by atoms with E-state index < -0.39 is 4.92 Å². The number of amides is 1. The molecule has 7 nitrogen and oxygen atoms in total. The highest BCUT2D eigenvalue weighted by molar-refractivity contribution is 6.00. The fourth-order valence-corrected chi connectivity index (χ4v) is 1.69. The number of rotatable bonds is 7. The Morgan fingerprint density at radius 1 is 1.50 bits per heavy atom. The van der Waals surface area contributed by atoms with Gasteiger partial charge < -0.3 is 15.4 Å². The standard InChI is InChI=1S/C13H19N3O4/c1-4-20-8-9(2)15-13(17)11-7-10(16(18)19)5-6-12(11)14-3/h5-7,9,14H,4,8H2,1-3H3,(H,15,17). The van der Waals surface area contributed by atoms with Crippen LogP contribution in [0.1, 0.15) is 24.2 Å². The first-order chi connectivity index (χ1) is 9.49. The van der Waals surface area contributed by atoms with Gasteiger partial charge in [-0.3, -0.25) is 14.9 Å². The predicted octanol–water partition coefficient (Wildman–Crippen LogP) is 1.79. The molecule has 1 aromatic rings. The molecule has 1 amide bonds. The number of hydrogen-bond donors (Lipinski definition) is 2. The van der Waals surface area contributed by atoms with Crippen molar-refractivity contribution in [2.75, 3.05) is 25.6 Å². The minimum atomic E-state index is -0.528. The van der Waals surface area contributed by atoms with Gasteiger partial charge in [0.1, 0.15) is 0 Å². The van der Waals surface area contributed by atoms with Crippen molar-refractivity contribution in [2.24, 2.45) is 0 Å². The molecule has 0 heterocycles. The molecule has 1 rings (SSSR count). The summed E-state index contributed by atoms with van der Waals surface area (Å²) in [7, 11) is 1.65. The monoisotopic (exact) mass is 281 g/mol. The highest BCUT2D eigenvalue weighted by Gasteiger charge is 2.17. The SMILES string of the molecule is CCOCC(C)NC(=O)c1cc([N+](=O)[O-])ccc1NC. The van der Waals surface area contributed by atoms with Crippen LogP contribution >= 0.6 is 0 Å². The van der Waals surface area contributed by atoms with Gasteiger partial charge in [-0.1, -0.05) is 0 Å². The fourth-order valence-electron chi connectivity index (χ4n) is 1.69. The highest BCUT2D eigenvalue weighted by Crippen LogP contribution is 2.21. The lowest BCUT2D eigenvalue weighted by molar-refractivity contribution is -0.384. The Kier molecular flexibility index (Phi) is 5.92. The molecule has 20 heavy (non-hydrogen) atoms. The normalized spacial score (nSPS) is 11.8. The van der Waals surface area contributed by atoms with E-state index in [9.17, 15) is 14.9 Å². The molecule has 0 aliphatic rings. The molecule has 0 aliphatic carbocycles. The second-order valence-electron chi connectivity index (χ2n) is 4.27. The summed E-state index contributed by atoms with van der Waals surface area (Å²) in [4.78, 5) is 22.4. The van der Waals surface area contributed by atoms with E-state index in [4.69, 9.17) is 4.74 Å². The van der Waals surface area contributed by atoms with Crippen molar-refractivity contribution in [2.45, 2.75) is 19.9 Å². The molecule has 0 radical (unpaired) electrons. The average Bonchev–Trinajstić information content (AvgIpc) is 2.44. The van der Waals surface area contributed by atoms with Crippen LogP contribution in [0.25, 0.3) is 0 Å². The summed E-state index contributed by atoms with van der Waals surface area (Å²) in [5.74, 6) is -0.370. The maximum absolute atomic E-state index is 12.1. The predicted molar refractivity (Wildman–Crippen MR) is 76.1 cm³/mol. The maximum atomic E-state index is 12.1. The third kappa shape index (κ3) is 4.20. The third-order valence-corrected chi connectivity index (χ3v) is 2.68.